The van der Waals surface area contributed by atoms with E-state index in [0.29, 0.717) is 42.0 Å². The molecule has 2 amide bonds. The van der Waals surface area contributed by atoms with Crippen LogP contribution in [0.3, 0.4) is 0 Å². The Kier molecular flexibility index (Phi) is 6.82. The number of nitrogens with one attached hydrogen (secondary N) is 2. The van der Waals surface area contributed by atoms with Crippen molar-refractivity contribution in [2.75, 3.05) is 36.0 Å². The van der Waals surface area contributed by atoms with E-state index in [-0.39, 0.29) is 18.1 Å². The number of hydrogen-bond donors (Lipinski definition) is 2. The van der Waals surface area contributed by atoms with Crippen molar-refractivity contribution in [3.8, 4) is 0 Å². The Hall–Kier alpha value is -2.50. The van der Waals surface area contributed by atoms with Crippen molar-refractivity contribution in [1.29, 1.82) is 0 Å². The SMILES string of the molecule is Cc1cc(C(=O)NNC(=O)c2ccc(I)cc2N2CCC3(CC2)CC3)nc(N2CCCC(F)C2)n1. The molecule has 1 saturated carbocycles. The Morgan fingerprint density at radius 3 is 2.49 bits per heavy atom. The number of benzene rings is 1. The highest BCUT2D eigenvalue weighted by Crippen LogP contribution is 2.54. The number of hydrazine groups is 1. The maximum Gasteiger partial charge on any atom is 0.288 e. The summed E-state index contributed by atoms with van der Waals surface area (Å²) >= 11 is 2.26. The van der Waals surface area contributed by atoms with E-state index in [1.165, 1.54) is 12.8 Å². The molecule has 2 saturated heterocycles. The zero-order valence-corrected chi connectivity index (χ0v) is 22.0. The third-order valence-electron chi connectivity index (χ3n) is 7.34. The van der Waals surface area contributed by atoms with Crippen molar-refractivity contribution in [1.82, 2.24) is 20.8 Å². The monoisotopic (exact) mass is 592 g/mol. The number of carbonyl (C=O) groups excluding carboxylic acids is 2. The van der Waals surface area contributed by atoms with Gasteiger partial charge >= 0.3 is 0 Å². The lowest BCUT2D eigenvalue weighted by molar-refractivity contribution is 0.0844. The molecule has 1 aromatic carbocycles. The summed E-state index contributed by atoms with van der Waals surface area (Å²) in [6.45, 7) is 4.50. The van der Waals surface area contributed by atoms with Crippen LogP contribution in [0.2, 0.25) is 0 Å². The number of anilines is 2. The van der Waals surface area contributed by atoms with Crippen molar-refractivity contribution < 1.29 is 14.0 Å². The van der Waals surface area contributed by atoms with Crippen molar-refractivity contribution in [2.24, 2.45) is 5.41 Å². The number of nitrogens with zero attached hydrogens (tertiary/aromatic N) is 4. The number of hydrogen-bond acceptors (Lipinski definition) is 6. The minimum Gasteiger partial charge on any atom is -0.371 e. The molecule has 1 atom stereocenters. The highest BCUT2D eigenvalue weighted by molar-refractivity contribution is 14.1. The highest BCUT2D eigenvalue weighted by Gasteiger charge is 2.44. The second-order valence-corrected chi connectivity index (χ2v) is 11.2. The van der Waals surface area contributed by atoms with E-state index < -0.39 is 12.1 Å². The number of carbonyl (C=O) groups is 2. The molecule has 10 heteroatoms. The maximum absolute atomic E-state index is 13.9. The molecule has 3 fully saturated rings. The first-order valence-corrected chi connectivity index (χ1v) is 13.3. The van der Waals surface area contributed by atoms with Crippen molar-refractivity contribution >= 4 is 46.0 Å². The molecule has 1 spiro atoms. The quantitative estimate of drug-likeness (QED) is 0.415. The molecule has 3 aliphatic rings. The van der Waals surface area contributed by atoms with E-state index in [0.717, 1.165) is 35.2 Å². The predicted octanol–water partition coefficient (Wildman–Crippen LogP) is 3.78. The molecule has 2 aromatic rings. The standard InChI is InChI=1S/C25H30FIN6O2/c1-16-13-20(29-24(28-16)33-10-2-3-17(26)15-33)23(35)31-30-22(34)19-5-4-18(27)14-21(19)32-11-8-25(6-7-25)9-12-32/h4-5,13-14,17H,2-3,6-12,15H2,1H3,(H,30,34)(H,31,35). The number of alkyl halides is 1. The number of rotatable bonds is 4. The molecule has 5 rings (SSSR count). The third-order valence-corrected chi connectivity index (χ3v) is 8.01. The topological polar surface area (TPSA) is 90.5 Å². The lowest BCUT2D eigenvalue weighted by Crippen LogP contribution is -2.43. The summed E-state index contributed by atoms with van der Waals surface area (Å²) in [7, 11) is 0. The lowest BCUT2D eigenvalue weighted by Gasteiger charge is -2.35. The van der Waals surface area contributed by atoms with E-state index in [1.54, 1.807) is 24.0 Å². The van der Waals surface area contributed by atoms with Crippen LogP contribution in [0.1, 0.15) is 65.1 Å². The van der Waals surface area contributed by atoms with Gasteiger partial charge < -0.3 is 9.80 Å². The van der Waals surface area contributed by atoms with Crippen LogP contribution in [-0.4, -0.2) is 54.1 Å². The molecule has 2 N–H and O–H groups in total. The Morgan fingerprint density at radius 2 is 1.77 bits per heavy atom. The van der Waals surface area contributed by atoms with Gasteiger partial charge in [0.05, 0.1) is 17.8 Å². The summed E-state index contributed by atoms with van der Waals surface area (Å²) in [5.41, 5.74) is 7.73. The van der Waals surface area contributed by atoms with Crippen LogP contribution in [-0.2, 0) is 0 Å². The fraction of sp³-hybridized carbons (Fsp3) is 0.520. The van der Waals surface area contributed by atoms with E-state index in [2.05, 4.69) is 48.3 Å². The largest absolute Gasteiger partial charge is 0.371 e. The summed E-state index contributed by atoms with van der Waals surface area (Å²) in [5.74, 6) is -0.583. The van der Waals surface area contributed by atoms with Gasteiger partial charge in [-0.15, -0.1) is 0 Å². The Morgan fingerprint density at radius 1 is 1.03 bits per heavy atom. The lowest BCUT2D eigenvalue weighted by atomic mass is 9.93. The van der Waals surface area contributed by atoms with Gasteiger partial charge in [-0.05, 0) is 97.7 Å². The smallest absolute Gasteiger partial charge is 0.288 e. The molecule has 1 unspecified atom stereocenters. The summed E-state index contributed by atoms with van der Waals surface area (Å²) < 4.78 is 14.9. The Labute approximate surface area is 218 Å². The Balaban J connectivity index is 1.26. The van der Waals surface area contributed by atoms with Gasteiger partial charge in [0.25, 0.3) is 11.8 Å². The predicted molar refractivity (Wildman–Crippen MR) is 140 cm³/mol. The summed E-state index contributed by atoms with van der Waals surface area (Å²) in [6, 6.07) is 7.28. The van der Waals surface area contributed by atoms with Crippen LogP contribution in [0.25, 0.3) is 0 Å². The van der Waals surface area contributed by atoms with Crippen LogP contribution in [0.15, 0.2) is 24.3 Å². The van der Waals surface area contributed by atoms with Gasteiger partial charge in [0, 0.05) is 28.9 Å². The fourth-order valence-electron chi connectivity index (χ4n) is 5.02. The second-order valence-electron chi connectivity index (χ2n) is 9.94. The van der Waals surface area contributed by atoms with Crippen molar-refractivity contribution in [3.63, 3.8) is 0 Å². The number of halogens is 2. The number of piperidine rings is 2. The first kappa shape index (κ1) is 24.2. The van der Waals surface area contributed by atoms with Crippen LogP contribution in [0.4, 0.5) is 16.0 Å². The normalized spacial score (nSPS) is 21.1. The molecule has 1 aliphatic carbocycles. The summed E-state index contributed by atoms with van der Waals surface area (Å²) in [6.07, 6.45) is 5.28. The minimum atomic E-state index is -0.928. The van der Waals surface area contributed by atoms with Gasteiger partial charge in [0.1, 0.15) is 11.9 Å². The van der Waals surface area contributed by atoms with E-state index in [1.807, 2.05) is 12.1 Å². The number of aromatic nitrogens is 2. The van der Waals surface area contributed by atoms with E-state index in [4.69, 9.17) is 0 Å². The summed E-state index contributed by atoms with van der Waals surface area (Å²) in [5, 5.41) is 0. The molecular weight excluding hydrogens is 562 g/mol. The van der Waals surface area contributed by atoms with Gasteiger partial charge in [-0.25, -0.2) is 14.4 Å². The molecule has 1 aromatic heterocycles. The van der Waals surface area contributed by atoms with Crippen molar-refractivity contribution in [2.45, 2.75) is 51.6 Å². The molecule has 8 nitrogen and oxygen atoms in total. The summed E-state index contributed by atoms with van der Waals surface area (Å²) in [4.78, 5) is 38.7. The zero-order chi connectivity index (χ0) is 24.6. The highest BCUT2D eigenvalue weighted by atomic mass is 127. The van der Waals surface area contributed by atoms with Gasteiger partial charge in [0.2, 0.25) is 5.95 Å². The van der Waals surface area contributed by atoms with Gasteiger partial charge in [-0.2, -0.15) is 0 Å². The minimum absolute atomic E-state index is 0.127. The Bertz CT molecular complexity index is 1130. The van der Waals surface area contributed by atoms with E-state index in [9.17, 15) is 14.0 Å². The third kappa shape index (κ3) is 5.52. The molecule has 3 heterocycles. The average Bonchev–Trinajstić information content (AvgIpc) is 3.61. The van der Waals surface area contributed by atoms with Gasteiger partial charge in [0.15, 0.2) is 0 Å². The fourth-order valence-corrected chi connectivity index (χ4v) is 5.49. The zero-order valence-electron chi connectivity index (χ0n) is 19.8. The second kappa shape index (κ2) is 9.87. The number of aryl methyl sites for hydroxylation is 1. The molecular formula is C25H30FIN6O2. The molecule has 0 bridgehead atoms. The van der Waals surface area contributed by atoms with Gasteiger partial charge in [-0.1, -0.05) is 0 Å². The van der Waals surface area contributed by atoms with Gasteiger partial charge in [-0.3, -0.25) is 20.4 Å². The maximum atomic E-state index is 13.9. The van der Waals surface area contributed by atoms with Crippen molar-refractivity contribution in [3.05, 3.63) is 44.8 Å². The molecule has 186 valence electrons. The van der Waals surface area contributed by atoms with Crippen LogP contribution in [0, 0.1) is 15.9 Å². The van der Waals surface area contributed by atoms with Crippen LogP contribution in [0.5, 0.6) is 0 Å². The first-order valence-electron chi connectivity index (χ1n) is 12.2. The first-order chi connectivity index (χ1) is 16.8. The van der Waals surface area contributed by atoms with E-state index >= 15 is 0 Å². The van der Waals surface area contributed by atoms with Crippen LogP contribution < -0.4 is 20.7 Å². The number of amides is 2. The average molecular weight is 592 g/mol. The molecule has 2 aliphatic heterocycles. The van der Waals surface area contributed by atoms with Crippen LogP contribution >= 0.6 is 22.6 Å². The molecule has 0 radical (unpaired) electrons. The molecule has 35 heavy (non-hydrogen) atoms.